The molecule has 0 aliphatic carbocycles. The van der Waals surface area contributed by atoms with E-state index < -0.39 is 0 Å². The van der Waals surface area contributed by atoms with Crippen molar-refractivity contribution in [1.82, 2.24) is 9.80 Å². The van der Waals surface area contributed by atoms with E-state index in [2.05, 4.69) is 58.2 Å². The lowest BCUT2D eigenvalue weighted by Gasteiger charge is -2.36. The molecule has 0 rings (SSSR count). The third-order valence-electron chi connectivity index (χ3n) is 7.33. The summed E-state index contributed by atoms with van der Waals surface area (Å²) in [6, 6.07) is 0.714. The Morgan fingerprint density at radius 2 is 1.03 bits per heavy atom. The molecule has 0 aromatic rings. The van der Waals surface area contributed by atoms with Crippen molar-refractivity contribution >= 4 is 5.78 Å². The summed E-state index contributed by atoms with van der Waals surface area (Å²) in [4.78, 5) is 15.4. The Hall–Kier alpha value is -0.830. The molecule has 1 unspecified atom stereocenters. The summed E-state index contributed by atoms with van der Waals surface area (Å²) in [7, 11) is 4.38. The minimum Gasteiger partial charge on any atom is -0.372 e. The van der Waals surface area contributed by atoms with Crippen LogP contribution in [-0.4, -0.2) is 48.8 Å². The Balaban J connectivity index is -0.00000110. The van der Waals surface area contributed by atoms with Gasteiger partial charge in [0.25, 0.3) is 0 Å². The molecule has 0 amide bonds. The summed E-state index contributed by atoms with van der Waals surface area (Å²) in [5.41, 5.74) is 1.42. The zero-order valence-electron chi connectivity index (χ0n) is 28.9. The number of allylic oxidation sites excluding steroid dienone is 1. The van der Waals surface area contributed by atoms with E-state index in [4.69, 9.17) is 0 Å². The molecule has 0 heterocycles. The van der Waals surface area contributed by atoms with Crippen molar-refractivity contribution in [2.24, 2.45) is 0 Å². The van der Waals surface area contributed by atoms with Gasteiger partial charge in [-0.2, -0.15) is 0 Å². The molecule has 3 nitrogen and oxygen atoms in total. The van der Waals surface area contributed by atoms with Gasteiger partial charge in [0.15, 0.2) is 0 Å². The minimum atomic E-state index is 0.318. The molecule has 0 spiro atoms. The Labute approximate surface area is 249 Å². The normalized spacial score (nSPS) is 11.3. The summed E-state index contributed by atoms with van der Waals surface area (Å²) in [6.45, 7) is 21.7. The van der Waals surface area contributed by atoms with Crippen LogP contribution in [0.25, 0.3) is 0 Å². The van der Waals surface area contributed by atoms with Crippen LogP contribution in [0.15, 0.2) is 12.3 Å². The highest BCUT2D eigenvalue weighted by molar-refractivity contribution is 5.75. The Morgan fingerprint density at radius 1 is 0.590 bits per heavy atom. The maximum atomic E-state index is 10.3. The molecule has 39 heavy (non-hydrogen) atoms. The molecular weight excluding hydrogens is 476 g/mol. The zero-order chi connectivity index (χ0) is 30.2. The van der Waals surface area contributed by atoms with Crippen LogP contribution in [0.1, 0.15) is 183 Å². The third-order valence-corrected chi connectivity index (χ3v) is 7.33. The second-order valence-electron chi connectivity index (χ2n) is 11.6. The van der Waals surface area contributed by atoms with Crippen molar-refractivity contribution in [2.75, 3.05) is 27.2 Å². The van der Waals surface area contributed by atoms with Gasteiger partial charge in [0.1, 0.15) is 5.78 Å². The minimum absolute atomic E-state index is 0.318. The van der Waals surface area contributed by atoms with E-state index in [9.17, 15) is 4.79 Å². The Morgan fingerprint density at radius 3 is 1.54 bits per heavy atom. The lowest BCUT2D eigenvalue weighted by molar-refractivity contribution is -0.117. The second-order valence-corrected chi connectivity index (χ2v) is 11.6. The molecule has 0 bridgehead atoms. The number of rotatable bonds is 26. The predicted molar refractivity (Wildman–Crippen MR) is 180 cm³/mol. The fraction of sp³-hybridized carbons (Fsp3) is 0.917. The predicted octanol–water partition coefficient (Wildman–Crippen LogP) is 11.6. The van der Waals surface area contributed by atoms with Crippen molar-refractivity contribution in [3.05, 3.63) is 12.3 Å². The maximum Gasteiger partial charge on any atom is 0.129 e. The average molecular weight is 553 g/mol. The fourth-order valence-corrected chi connectivity index (χ4v) is 4.91. The largest absolute Gasteiger partial charge is 0.372 e. The van der Waals surface area contributed by atoms with Gasteiger partial charge in [-0.25, -0.2) is 0 Å². The quantitative estimate of drug-likeness (QED) is 0.0997. The molecule has 0 aromatic carbocycles. The smallest absolute Gasteiger partial charge is 0.129 e. The Kier molecular flexibility index (Phi) is 38.5. The van der Waals surface area contributed by atoms with Crippen LogP contribution in [-0.2, 0) is 4.79 Å². The van der Waals surface area contributed by atoms with E-state index in [0.29, 0.717) is 11.8 Å². The van der Waals surface area contributed by atoms with Crippen LogP contribution in [0.2, 0.25) is 0 Å². The van der Waals surface area contributed by atoms with E-state index in [1.165, 1.54) is 141 Å². The first-order valence-corrected chi connectivity index (χ1v) is 17.4. The number of ketones is 1. The number of unbranched alkanes of at least 4 members (excludes halogenated alkanes) is 12. The summed E-state index contributed by atoms with van der Waals surface area (Å²) < 4.78 is 0. The second kappa shape index (κ2) is 35.2. The molecule has 0 aliphatic heterocycles. The number of nitrogens with zero attached hydrogens (tertiary/aromatic N) is 2. The van der Waals surface area contributed by atoms with E-state index in [0.717, 1.165) is 12.8 Å². The van der Waals surface area contributed by atoms with E-state index >= 15 is 0 Å². The van der Waals surface area contributed by atoms with Gasteiger partial charge in [-0.3, -0.25) is 0 Å². The van der Waals surface area contributed by atoms with E-state index in [1.807, 2.05) is 13.8 Å². The fourth-order valence-electron chi connectivity index (χ4n) is 4.91. The van der Waals surface area contributed by atoms with Gasteiger partial charge >= 0.3 is 0 Å². The third kappa shape index (κ3) is 33.3. The first-order valence-electron chi connectivity index (χ1n) is 17.4. The molecule has 0 aromatic heterocycles. The van der Waals surface area contributed by atoms with Crippen molar-refractivity contribution in [1.29, 1.82) is 0 Å². The molecule has 0 aliphatic rings. The van der Waals surface area contributed by atoms with Crippen molar-refractivity contribution in [3.8, 4) is 0 Å². The molecule has 0 saturated carbocycles. The number of carbonyl (C=O) groups excluding carboxylic acids is 1. The summed E-state index contributed by atoms with van der Waals surface area (Å²) in [5, 5.41) is 0. The van der Waals surface area contributed by atoms with Gasteiger partial charge < -0.3 is 14.6 Å². The molecule has 0 radical (unpaired) electrons. The van der Waals surface area contributed by atoms with Crippen LogP contribution >= 0.6 is 0 Å². The molecule has 0 N–H and O–H groups in total. The van der Waals surface area contributed by atoms with Gasteiger partial charge in [0, 0.05) is 24.7 Å². The van der Waals surface area contributed by atoms with E-state index in [-0.39, 0.29) is 0 Å². The van der Waals surface area contributed by atoms with Crippen LogP contribution in [0, 0.1) is 0 Å². The number of hydrogen-bond donors (Lipinski definition) is 0. The van der Waals surface area contributed by atoms with Crippen LogP contribution in [0.5, 0.6) is 0 Å². The molecule has 0 fully saturated rings. The van der Waals surface area contributed by atoms with Crippen LogP contribution in [0.4, 0.5) is 0 Å². The van der Waals surface area contributed by atoms with Crippen molar-refractivity contribution in [3.63, 3.8) is 0 Å². The van der Waals surface area contributed by atoms with Gasteiger partial charge in [0.05, 0.1) is 0 Å². The standard InChI is InChI=1S/C27H56N2.C7H14O.C2H6/c1-7-10-13-15-17-19-23-27(22-12-9-3)29(25-20-24-28(5)6)26(4)21-18-16-14-11-8-2;1-3-4-5-6-7(2)8;1-2/h27H,4,7-25H2,1-3,5-6H3;3-6H2,1-2H3;1-2H3. The number of carbonyl (C=O) groups is 1. The highest BCUT2D eigenvalue weighted by Crippen LogP contribution is 2.24. The number of Topliss-reactive ketones (excluding diaryl/α,β-unsaturated/α-hetero) is 1. The lowest BCUT2D eigenvalue weighted by Crippen LogP contribution is -2.36. The zero-order valence-corrected chi connectivity index (χ0v) is 28.9. The number of hydrogen-bond acceptors (Lipinski definition) is 3. The lowest BCUT2D eigenvalue weighted by atomic mass is 9.98. The summed E-state index contributed by atoms with van der Waals surface area (Å²) >= 11 is 0. The van der Waals surface area contributed by atoms with Crippen LogP contribution < -0.4 is 0 Å². The average Bonchev–Trinajstić information content (AvgIpc) is 2.92. The monoisotopic (exact) mass is 553 g/mol. The molecule has 1 atom stereocenters. The Bertz CT molecular complexity index is 488. The molecular formula is C36H76N2O. The highest BCUT2D eigenvalue weighted by atomic mass is 16.1. The van der Waals surface area contributed by atoms with Crippen molar-refractivity contribution in [2.45, 2.75) is 189 Å². The topological polar surface area (TPSA) is 23.6 Å². The molecule has 236 valence electrons. The summed E-state index contributed by atoms with van der Waals surface area (Å²) in [5.74, 6) is 0.318. The molecule has 3 heteroatoms. The van der Waals surface area contributed by atoms with Crippen molar-refractivity contribution < 1.29 is 4.79 Å². The van der Waals surface area contributed by atoms with Gasteiger partial charge in [0.2, 0.25) is 0 Å². The van der Waals surface area contributed by atoms with Gasteiger partial charge in [-0.15, -0.1) is 0 Å². The first kappa shape index (κ1) is 42.6. The highest BCUT2D eigenvalue weighted by Gasteiger charge is 2.19. The SMILES string of the molecule is C=C(CCCCCCC)N(CCCN(C)C)C(CCCC)CCCCCCCC.CC.CCCCCC(C)=O. The molecule has 0 saturated heterocycles. The summed E-state index contributed by atoms with van der Waals surface area (Å²) in [6.07, 6.45) is 27.3. The van der Waals surface area contributed by atoms with E-state index in [1.54, 1.807) is 6.92 Å². The van der Waals surface area contributed by atoms with Crippen LogP contribution in [0.3, 0.4) is 0 Å². The maximum absolute atomic E-state index is 10.3. The first-order chi connectivity index (χ1) is 18.8. The van der Waals surface area contributed by atoms with Gasteiger partial charge in [-0.1, -0.05) is 138 Å². The van der Waals surface area contributed by atoms with Gasteiger partial charge in [-0.05, 0) is 66.1 Å².